The Morgan fingerprint density at radius 2 is 1.63 bits per heavy atom. The molecule has 216 valence electrons. The number of hydrogen-bond donors (Lipinski definition) is 2. The van der Waals surface area contributed by atoms with Crippen LogP contribution >= 0.6 is 12.2 Å². The second kappa shape index (κ2) is 12.5. The highest BCUT2D eigenvalue weighted by atomic mass is 32.1. The van der Waals surface area contributed by atoms with Crippen LogP contribution in [-0.2, 0) is 11.3 Å². The minimum Gasteiger partial charge on any atom is -0.484 e. The van der Waals surface area contributed by atoms with Crippen LogP contribution in [0, 0.1) is 13.8 Å². The summed E-state index contributed by atoms with van der Waals surface area (Å²) in [6.45, 7) is 5.05. The molecule has 3 heterocycles. The molecule has 2 aromatic heterocycles. The standard InChI is InChI=1S/C35H33N5O2S/c1-24-21-30(25(2)39(24)22-26-11-5-3-6-12-26)34-33(31-15-9-10-20-36-31)38-35(43)40(34)28-18-16-27(17-19-28)37-32(41)23-42-29-13-7-4-8-14-29/h3-21,33-34H,22-23H2,1-2H3,(H,37,41)(H,38,43)/t33-,34+/m1/s1. The molecular weight excluding hydrogens is 554 g/mol. The largest absolute Gasteiger partial charge is 0.484 e. The average molecular weight is 588 g/mol. The van der Waals surface area contributed by atoms with Crippen LogP contribution < -0.4 is 20.3 Å². The topological polar surface area (TPSA) is 71.4 Å². The van der Waals surface area contributed by atoms with Crippen LogP contribution in [0.3, 0.4) is 0 Å². The Morgan fingerprint density at radius 1 is 0.930 bits per heavy atom. The van der Waals surface area contributed by atoms with Crippen molar-refractivity contribution in [2.75, 3.05) is 16.8 Å². The van der Waals surface area contributed by atoms with Crippen molar-refractivity contribution in [1.29, 1.82) is 0 Å². The summed E-state index contributed by atoms with van der Waals surface area (Å²) in [6, 6.07) is 35.5. The van der Waals surface area contributed by atoms with Crippen molar-refractivity contribution >= 4 is 34.6 Å². The van der Waals surface area contributed by atoms with Crippen molar-refractivity contribution in [3.63, 3.8) is 0 Å². The van der Waals surface area contributed by atoms with E-state index < -0.39 is 0 Å². The number of rotatable bonds is 9. The zero-order valence-electron chi connectivity index (χ0n) is 24.1. The maximum Gasteiger partial charge on any atom is 0.262 e. The van der Waals surface area contributed by atoms with E-state index in [-0.39, 0.29) is 24.6 Å². The molecule has 43 heavy (non-hydrogen) atoms. The number of thiocarbonyl (C=S) groups is 1. The second-order valence-electron chi connectivity index (χ2n) is 10.6. The van der Waals surface area contributed by atoms with Crippen LogP contribution in [0.5, 0.6) is 5.75 Å². The van der Waals surface area contributed by atoms with Gasteiger partial charge >= 0.3 is 0 Å². The molecule has 7 nitrogen and oxygen atoms in total. The monoisotopic (exact) mass is 587 g/mol. The predicted octanol–water partition coefficient (Wildman–Crippen LogP) is 6.74. The zero-order chi connectivity index (χ0) is 29.8. The molecule has 8 heteroatoms. The molecular formula is C35H33N5O2S. The first-order valence-corrected chi connectivity index (χ1v) is 14.7. The van der Waals surface area contributed by atoms with E-state index in [1.807, 2.05) is 85.1 Å². The van der Waals surface area contributed by atoms with Gasteiger partial charge in [0.05, 0.1) is 17.8 Å². The van der Waals surface area contributed by atoms with Gasteiger partial charge in [-0.1, -0.05) is 54.6 Å². The SMILES string of the molecule is Cc1cc([C@H]2[C@@H](c3ccccn3)NC(=S)N2c2ccc(NC(=O)COc3ccccc3)cc2)c(C)n1Cc1ccccc1. The summed E-state index contributed by atoms with van der Waals surface area (Å²) in [7, 11) is 0. The highest BCUT2D eigenvalue weighted by Crippen LogP contribution is 2.43. The maximum atomic E-state index is 12.5. The molecule has 2 atom stereocenters. The van der Waals surface area contributed by atoms with Gasteiger partial charge in [0, 0.05) is 35.5 Å². The number of nitrogens with one attached hydrogen (secondary N) is 2. The number of aryl methyl sites for hydroxylation is 1. The first kappa shape index (κ1) is 28.2. The van der Waals surface area contributed by atoms with E-state index in [2.05, 4.69) is 64.3 Å². The number of aromatic nitrogens is 2. The van der Waals surface area contributed by atoms with Gasteiger partial charge in [0.1, 0.15) is 5.75 Å². The number of carbonyl (C=O) groups is 1. The highest BCUT2D eigenvalue weighted by Gasteiger charge is 2.42. The van der Waals surface area contributed by atoms with Crippen molar-refractivity contribution in [3.8, 4) is 5.75 Å². The summed E-state index contributed by atoms with van der Waals surface area (Å²) < 4.78 is 7.94. The summed E-state index contributed by atoms with van der Waals surface area (Å²) in [5.74, 6) is 0.425. The average Bonchev–Trinajstić information content (AvgIpc) is 3.52. The Morgan fingerprint density at radius 3 is 2.33 bits per heavy atom. The van der Waals surface area contributed by atoms with Crippen LogP contribution in [0.1, 0.15) is 40.3 Å². The Labute approximate surface area is 257 Å². The molecule has 0 spiro atoms. The number of anilines is 2. The molecule has 0 unspecified atom stereocenters. The number of ether oxygens (including phenoxy) is 1. The lowest BCUT2D eigenvalue weighted by Crippen LogP contribution is -2.29. The summed E-state index contributed by atoms with van der Waals surface area (Å²) >= 11 is 5.94. The number of benzene rings is 3. The number of carbonyl (C=O) groups excluding carboxylic acids is 1. The van der Waals surface area contributed by atoms with E-state index in [9.17, 15) is 4.79 Å². The molecule has 1 aliphatic rings. The molecule has 0 aliphatic carbocycles. The van der Waals surface area contributed by atoms with E-state index in [1.54, 1.807) is 0 Å². The fourth-order valence-electron chi connectivity index (χ4n) is 5.65. The molecule has 0 radical (unpaired) electrons. The third-order valence-electron chi connectivity index (χ3n) is 7.76. The number of pyridine rings is 1. The number of hydrogen-bond acceptors (Lipinski definition) is 4. The van der Waals surface area contributed by atoms with Gasteiger partial charge in [0.25, 0.3) is 5.91 Å². The summed E-state index contributed by atoms with van der Waals surface area (Å²) in [6.07, 6.45) is 1.82. The normalized spacial score (nSPS) is 16.1. The Balaban J connectivity index is 1.28. The van der Waals surface area contributed by atoms with Crippen LogP contribution in [0.15, 0.2) is 115 Å². The van der Waals surface area contributed by atoms with Crippen LogP contribution in [0.4, 0.5) is 11.4 Å². The summed E-state index contributed by atoms with van der Waals surface area (Å²) in [5.41, 5.74) is 7.34. The Kier molecular flexibility index (Phi) is 8.20. The van der Waals surface area contributed by atoms with E-state index in [1.165, 1.54) is 22.5 Å². The molecule has 2 N–H and O–H groups in total. The zero-order valence-corrected chi connectivity index (χ0v) is 24.9. The van der Waals surface area contributed by atoms with Crippen LogP contribution in [-0.4, -0.2) is 27.2 Å². The van der Waals surface area contributed by atoms with Gasteiger partial charge < -0.3 is 24.8 Å². The Hall–Kier alpha value is -4.95. The molecule has 3 aromatic carbocycles. The molecule has 5 aromatic rings. The molecule has 6 rings (SSSR count). The van der Waals surface area contributed by atoms with Gasteiger partial charge in [-0.05, 0) is 91.8 Å². The van der Waals surface area contributed by atoms with Crippen molar-refractivity contribution in [3.05, 3.63) is 144 Å². The maximum absolute atomic E-state index is 12.5. The van der Waals surface area contributed by atoms with Crippen molar-refractivity contribution in [1.82, 2.24) is 14.9 Å². The minimum absolute atomic E-state index is 0.0711. The Bertz CT molecular complexity index is 1710. The van der Waals surface area contributed by atoms with Gasteiger partial charge in [0.15, 0.2) is 11.7 Å². The van der Waals surface area contributed by atoms with E-state index in [0.29, 0.717) is 16.5 Å². The van der Waals surface area contributed by atoms with Gasteiger partial charge in [-0.3, -0.25) is 9.78 Å². The third kappa shape index (κ3) is 6.15. The summed E-state index contributed by atoms with van der Waals surface area (Å²) in [5, 5.41) is 7.10. The van der Waals surface area contributed by atoms with Crippen molar-refractivity contribution < 1.29 is 9.53 Å². The lowest BCUT2D eigenvalue weighted by molar-refractivity contribution is -0.118. The van der Waals surface area contributed by atoms with Gasteiger partial charge in [0.2, 0.25) is 0 Å². The minimum atomic E-state index is -0.228. The smallest absolute Gasteiger partial charge is 0.262 e. The fraction of sp³-hybridized carbons (Fsp3) is 0.171. The quantitative estimate of drug-likeness (QED) is 0.186. The molecule has 1 saturated heterocycles. The molecule has 0 bridgehead atoms. The first-order valence-electron chi connectivity index (χ1n) is 14.3. The fourth-order valence-corrected chi connectivity index (χ4v) is 6.00. The van der Waals surface area contributed by atoms with Crippen molar-refractivity contribution in [2.24, 2.45) is 0 Å². The van der Waals surface area contributed by atoms with E-state index >= 15 is 0 Å². The van der Waals surface area contributed by atoms with Gasteiger partial charge in [-0.15, -0.1) is 0 Å². The molecule has 0 saturated carbocycles. The van der Waals surface area contributed by atoms with Crippen LogP contribution in [0.25, 0.3) is 0 Å². The number of amides is 1. The van der Waals surface area contributed by atoms with E-state index in [0.717, 1.165) is 17.9 Å². The molecule has 1 amide bonds. The molecule has 1 fully saturated rings. The summed E-state index contributed by atoms with van der Waals surface area (Å²) in [4.78, 5) is 19.4. The van der Waals surface area contributed by atoms with Crippen LogP contribution in [0.2, 0.25) is 0 Å². The first-order chi connectivity index (χ1) is 21.0. The van der Waals surface area contributed by atoms with Gasteiger partial charge in [-0.25, -0.2) is 0 Å². The van der Waals surface area contributed by atoms with E-state index in [4.69, 9.17) is 21.9 Å². The second-order valence-corrected chi connectivity index (χ2v) is 11.0. The number of para-hydroxylation sites is 1. The third-order valence-corrected chi connectivity index (χ3v) is 8.07. The molecule has 1 aliphatic heterocycles. The highest BCUT2D eigenvalue weighted by molar-refractivity contribution is 7.80. The number of nitrogens with zero attached hydrogens (tertiary/aromatic N) is 3. The predicted molar refractivity (Wildman–Crippen MR) is 174 cm³/mol. The van der Waals surface area contributed by atoms with Crippen molar-refractivity contribution in [2.45, 2.75) is 32.5 Å². The van der Waals surface area contributed by atoms with Gasteiger partial charge in [-0.2, -0.15) is 0 Å². The lowest BCUT2D eigenvalue weighted by Gasteiger charge is -2.28. The lowest BCUT2D eigenvalue weighted by atomic mass is 9.96.